The highest BCUT2D eigenvalue weighted by Crippen LogP contribution is 2.10. The smallest absolute Gasteiger partial charge is 0.413 e. The molecule has 0 spiro atoms. The molecule has 0 radical (unpaired) electrons. The quantitative estimate of drug-likeness (QED) is 0.842. The summed E-state index contributed by atoms with van der Waals surface area (Å²) in [5, 5.41) is 2.58. The van der Waals surface area contributed by atoms with E-state index in [1.165, 1.54) is 0 Å². The molecule has 94 valence electrons. The average Bonchev–Trinajstić information content (AvgIpc) is 2.15. The van der Waals surface area contributed by atoms with Crippen molar-refractivity contribution in [3.8, 4) is 0 Å². The Bertz CT molecular complexity index is 386. The van der Waals surface area contributed by atoms with Crippen molar-refractivity contribution in [1.29, 1.82) is 0 Å². The summed E-state index contributed by atoms with van der Waals surface area (Å²) in [6.07, 6.45) is 0.180. The second-order valence-electron chi connectivity index (χ2n) is 4.68. The van der Waals surface area contributed by atoms with E-state index < -0.39 is 11.7 Å². The number of pyridine rings is 1. The molecule has 0 aliphatic rings. The van der Waals surface area contributed by atoms with Crippen LogP contribution in [-0.4, -0.2) is 23.2 Å². The molecule has 1 heterocycles. The first-order chi connectivity index (χ1) is 7.90. The van der Waals surface area contributed by atoms with Crippen molar-refractivity contribution in [3.05, 3.63) is 23.9 Å². The van der Waals surface area contributed by atoms with E-state index in [9.17, 15) is 4.79 Å². The highest BCUT2D eigenvalue weighted by molar-refractivity contribution is 5.83. The van der Waals surface area contributed by atoms with Crippen LogP contribution in [0, 0.1) is 0 Å². The van der Waals surface area contributed by atoms with Gasteiger partial charge in [-0.3, -0.25) is 5.32 Å². The van der Waals surface area contributed by atoms with Crippen LogP contribution in [0.4, 0.5) is 10.6 Å². The highest BCUT2D eigenvalue weighted by atomic mass is 16.6. The van der Waals surface area contributed by atoms with E-state index in [4.69, 9.17) is 10.5 Å². The lowest BCUT2D eigenvalue weighted by molar-refractivity contribution is 0.0635. The first-order valence-electron chi connectivity index (χ1n) is 5.57. The predicted molar refractivity (Wildman–Crippen MR) is 66.9 cm³/mol. The van der Waals surface area contributed by atoms with E-state index in [0.29, 0.717) is 18.8 Å². The molecule has 1 aromatic heterocycles. The predicted octanol–water partition coefficient (Wildman–Crippen LogP) is 1.93. The summed E-state index contributed by atoms with van der Waals surface area (Å²) in [4.78, 5) is 15.7. The van der Waals surface area contributed by atoms with Gasteiger partial charge in [0.05, 0.1) is 0 Å². The van der Waals surface area contributed by atoms with E-state index in [1.54, 1.807) is 6.07 Å². The van der Waals surface area contributed by atoms with Crippen molar-refractivity contribution >= 4 is 11.9 Å². The molecule has 0 aromatic carbocycles. The van der Waals surface area contributed by atoms with Gasteiger partial charge in [0, 0.05) is 12.1 Å². The van der Waals surface area contributed by atoms with Gasteiger partial charge in [0.1, 0.15) is 11.4 Å². The zero-order chi connectivity index (χ0) is 12.9. The first kappa shape index (κ1) is 13.4. The van der Waals surface area contributed by atoms with E-state index in [-0.39, 0.29) is 0 Å². The number of ether oxygens (including phenoxy) is 1. The zero-order valence-electron chi connectivity index (χ0n) is 10.5. The minimum absolute atomic E-state index is 0.477. The second kappa shape index (κ2) is 5.63. The minimum Gasteiger partial charge on any atom is -0.444 e. The number of hydrogen-bond acceptors (Lipinski definition) is 4. The Balaban J connectivity index is 2.62. The van der Waals surface area contributed by atoms with Crippen LogP contribution in [0.1, 0.15) is 26.5 Å². The molecule has 0 bridgehead atoms. The van der Waals surface area contributed by atoms with Crippen molar-refractivity contribution in [2.45, 2.75) is 32.8 Å². The Morgan fingerprint density at radius 2 is 2.18 bits per heavy atom. The van der Waals surface area contributed by atoms with Crippen molar-refractivity contribution in [2.75, 3.05) is 11.9 Å². The van der Waals surface area contributed by atoms with E-state index in [0.717, 1.165) is 5.69 Å². The van der Waals surface area contributed by atoms with Gasteiger partial charge in [0.15, 0.2) is 0 Å². The van der Waals surface area contributed by atoms with Gasteiger partial charge in [-0.25, -0.2) is 9.78 Å². The van der Waals surface area contributed by atoms with Crippen LogP contribution in [-0.2, 0) is 11.2 Å². The lowest BCUT2D eigenvalue weighted by Crippen LogP contribution is -2.27. The molecule has 17 heavy (non-hydrogen) atoms. The number of carbonyl (C=O) groups excluding carboxylic acids is 1. The number of carbonyl (C=O) groups is 1. The molecule has 1 amide bonds. The molecule has 3 N–H and O–H groups in total. The van der Waals surface area contributed by atoms with Gasteiger partial charge < -0.3 is 10.5 Å². The lowest BCUT2D eigenvalue weighted by atomic mass is 10.2. The maximum Gasteiger partial charge on any atom is 0.413 e. The van der Waals surface area contributed by atoms with E-state index in [2.05, 4.69) is 10.3 Å². The Kier molecular flexibility index (Phi) is 4.45. The van der Waals surface area contributed by atoms with Crippen molar-refractivity contribution < 1.29 is 9.53 Å². The number of hydrogen-bond donors (Lipinski definition) is 2. The zero-order valence-corrected chi connectivity index (χ0v) is 10.5. The summed E-state index contributed by atoms with van der Waals surface area (Å²) in [5.74, 6) is 0.477. The van der Waals surface area contributed by atoms with Crippen LogP contribution < -0.4 is 11.1 Å². The summed E-state index contributed by atoms with van der Waals surface area (Å²) in [5.41, 5.74) is 5.78. The third kappa shape index (κ3) is 5.31. The van der Waals surface area contributed by atoms with Gasteiger partial charge in [-0.05, 0) is 39.4 Å². The summed E-state index contributed by atoms with van der Waals surface area (Å²) in [7, 11) is 0. The Morgan fingerprint density at radius 3 is 2.76 bits per heavy atom. The largest absolute Gasteiger partial charge is 0.444 e. The summed E-state index contributed by atoms with van der Waals surface area (Å²) < 4.78 is 5.13. The molecule has 0 fully saturated rings. The molecule has 5 heteroatoms. The van der Waals surface area contributed by atoms with Crippen molar-refractivity contribution in [3.63, 3.8) is 0 Å². The molecule has 0 aliphatic heterocycles. The number of rotatable bonds is 3. The van der Waals surface area contributed by atoms with Gasteiger partial charge in [0.2, 0.25) is 0 Å². The molecule has 0 unspecified atom stereocenters. The molecule has 0 aliphatic carbocycles. The summed E-state index contributed by atoms with van der Waals surface area (Å²) >= 11 is 0. The topological polar surface area (TPSA) is 77.2 Å². The second-order valence-corrected chi connectivity index (χ2v) is 4.68. The van der Waals surface area contributed by atoms with Gasteiger partial charge in [-0.15, -0.1) is 0 Å². The Hall–Kier alpha value is -1.62. The van der Waals surface area contributed by atoms with Crippen LogP contribution >= 0.6 is 0 Å². The third-order valence-electron chi connectivity index (χ3n) is 1.84. The van der Waals surface area contributed by atoms with Gasteiger partial charge in [-0.1, -0.05) is 6.07 Å². The molecule has 0 atom stereocenters. The molecule has 1 aromatic rings. The molecular weight excluding hydrogens is 218 g/mol. The van der Waals surface area contributed by atoms with Crippen molar-refractivity contribution in [2.24, 2.45) is 5.73 Å². The number of nitrogens with two attached hydrogens (primary N) is 1. The van der Waals surface area contributed by atoms with Crippen LogP contribution in [0.3, 0.4) is 0 Å². The van der Waals surface area contributed by atoms with Crippen LogP contribution in [0.5, 0.6) is 0 Å². The van der Waals surface area contributed by atoms with Crippen molar-refractivity contribution in [1.82, 2.24) is 4.98 Å². The maximum absolute atomic E-state index is 11.5. The highest BCUT2D eigenvalue weighted by Gasteiger charge is 2.16. The minimum atomic E-state index is -0.515. The number of amides is 1. The summed E-state index contributed by atoms with van der Waals surface area (Å²) in [6, 6.07) is 5.40. The average molecular weight is 237 g/mol. The number of nitrogens with one attached hydrogen (secondary N) is 1. The van der Waals surface area contributed by atoms with Crippen LogP contribution in [0.25, 0.3) is 0 Å². The van der Waals surface area contributed by atoms with Gasteiger partial charge >= 0.3 is 6.09 Å². The monoisotopic (exact) mass is 237 g/mol. The fourth-order valence-electron chi connectivity index (χ4n) is 1.24. The van der Waals surface area contributed by atoms with E-state index in [1.807, 2.05) is 32.9 Å². The normalized spacial score (nSPS) is 11.1. The van der Waals surface area contributed by atoms with E-state index >= 15 is 0 Å². The molecular formula is C12H19N3O2. The Morgan fingerprint density at radius 1 is 1.47 bits per heavy atom. The Labute approximate surface area is 101 Å². The first-order valence-corrected chi connectivity index (χ1v) is 5.57. The molecule has 5 nitrogen and oxygen atoms in total. The molecule has 1 rings (SSSR count). The van der Waals surface area contributed by atoms with Gasteiger partial charge in [0.25, 0.3) is 0 Å². The number of anilines is 1. The fourth-order valence-corrected chi connectivity index (χ4v) is 1.24. The standard InChI is InChI=1S/C12H19N3O2/c1-12(2,3)17-11(16)15-10-6-4-5-9(14-10)7-8-13/h4-6H,7-8,13H2,1-3H3,(H,14,15,16). The van der Waals surface area contributed by atoms with Gasteiger partial charge in [-0.2, -0.15) is 0 Å². The third-order valence-corrected chi connectivity index (χ3v) is 1.84. The fraction of sp³-hybridized carbons (Fsp3) is 0.500. The lowest BCUT2D eigenvalue weighted by Gasteiger charge is -2.19. The SMILES string of the molecule is CC(C)(C)OC(=O)Nc1cccc(CCN)n1. The maximum atomic E-state index is 11.5. The van der Waals surface area contributed by atoms with Crippen LogP contribution in [0.15, 0.2) is 18.2 Å². The molecule has 0 saturated heterocycles. The molecule has 0 saturated carbocycles. The summed E-state index contributed by atoms with van der Waals surface area (Å²) in [6.45, 7) is 5.96. The number of aromatic nitrogens is 1. The number of nitrogens with zero attached hydrogens (tertiary/aromatic N) is 1. The van der Waals surface area contributed by atoms with Crippen LogP contribution in [0.2, 0.25) is 0 Å².